The molecule has 0 saturated heterocycles. The first-order chi connectivity index (χ1) is 8.51. The molecule has 0 spiro atoms. The van der Waals surface area contributed by atoms with Crippen molar-refractivity contribution in [3.05, 3.63) is 27.8 Å². The van der Waals surface area contributed by atoms with Crippen molar-refractivity contribution in [1.82, 2.24) is 5.32 Å². The SMILES string of the molecule is CC(C)CC(CO)NC(=O)Nc1cccc(I)c1. The highest BCUT2D eigenvalue weighted by atomic mass is 127. The van der Waals surface area contributed by atoms with Gasteiger partial charge in [0.2, 0.25) is 0 Å². The Hall–Kier alpha value is -0.820. The summed E-state index contributed by atoms with van der Waals surface area (Å²) in [6, 6.07) is 7.08. The van der Waals surface area contributed by atoms with Crippen molar-refractivity contribution in [1.29, 1.82) is 0 Å². The fraction of sp³-hybridized carbons (Fsp3) is 0.462. The van der Waals surface area contributed by atoms with Gasteiger partial charge >= 0.3 is 6.03 Å². The molecule has 0 fully saturated rings. The molecule has 1 unspecified atom stereocenters. The zero-order valence-corrected chi connectivity index (χ0v) is 12.8. The highest BCUT2D eigenvalue weighted by Crippen LogP contribution is 2.12. The zero-order valence-electron chi connectivity index (χ0n) is 10.6. The van der Waals surface area contributed by atoms with Crippen LogP contribution in [-0.2, 0) is 0 Å². The predicted octanol–water partition coefficient (Wildman–Crippen LogP) is 2.82. The number of nitrogens with one attached hydrogen (secondary N) is 2. The topological polar surface area (TPSA) is 61.4 Å². The number of carbonyl (C=O) groups excluding carboxylic acids is 1. The van der Waals surface area contributed by atoms with Gasteiger partial charge in [0.15, 0.2) is 0 Å². The van der Waals surface area contributed by atoms with Crippen LogP contribution in [0.4, 0.5) is 10.5 Å². The van der Waals surface area contributed by atoms with Crippen LogP contribution in [0.5, 0.6) is 0 Å². The summed E-state index contributed by atoms with van der Waals surface area (Å²) >= 11 is 2.19. The molecule has 4 nitrogen and oxygen atoms in total. The zero-order chi connectivity index (χ0) is 13.5. The number of aliphatic hydroxyl groups excluding tert-OH is 1. The molecule has 0 aliphatic carbocycles. The molecule has 100 valence electrons. The van der Waals surface area contributed by atoms with E-state index in [-0.39, 0.29) is 18.7 Å². The van der Waals surface area contributed by atoms with Crippen LogP contribution in [0.15, 0.2) is 24.3 Å². The van der Waals surface area contributed by atoms with Gasteiger partial charge in [0.1, 0.15) is 0 Å². The average Bonchev–Trinajstić information content (AvgIpc) is 2.27. The van der Waals surface area contributed by atoms with Crippen molar-refractivity contribution in [2.24, 2.45) is 5.92 Å². The van der Waals surface area contributed by atoms with Crippen LogP contribution in [0, 0.1) is 9.49 Å². The molecule has 0 aliphatic heterocycles. The van der Waals surface area contributed by atoms with E-state index in [1.807, 2.05) is 24.3 Å². The fourth-order valence-electron chi connectivity index (χ4n) is 1.67. The van der Waals surface area contributed by atoms with E-state index in [0.29, 0.717) is 5.92 Å². The number of hydrogen-bond acceptors (Lipinski definition) is 2. The van der Waals surface area contributed by atoms with Crippen LogP contribution < -0.4 is 10.6 Å². The van der Waals surface area contributed by atoms with E-state index in [0.717, 1.165) is 15.7 Å². The number of aliphatic hydroxyl groups is 1. The number of amides is 2. The van der Waals surface area contributed by atoms with E-state index in [1.165, 1.54) is 0 Å². The lowest BCUT2D eigenvalue weighted by atomic mass is 10.0. The number of anilines is 1. The molecule has 1 aromatic rings. The molecule has 0 saturated carbocycles. The van der Waals surface area contributed by atoms with Crippen LogP contribution in [0.3, 0.4) is 0 Å². The molecule has 2 amide bonds. The molecule has 5 heteroatoms. The van der Waals surface area contributed by atoms with Gasteiger partial charge in [-0.1, -0.05) is 19.9 Å². The summed E-state index contributed by atoms with van der Waals surface area (Å²) in [5, 5.41) is 14.7. The molecule has 1 rings (SSSR count). The Morgan fingerprint density at radius 1 is 1.44 bits per heavy atom. The Labute approximate surface area is 121 Å². The maximum Gasteiger partial charge on any atom is 0.319 e. The molecule has 0 radical (unpaired) electrons. The highest BCUT2D eigenvalue weighted by Gasteiger charge is 2.12. The van der Waals surface area contributed by atoms with Crippen molar-refractivity contribution in [3.63, 3.8) is 0 Å². The van der Waals surface area contributed by atoms with Crippen LogP contribution in [0.25, 0.3) is 0 Å². The van der Waals surface area contributed by atoms with Gasteiger partial charge in [-0.05, 0) is 53.1 Å². The van der Waals surface area contributed by atoms with E-state index >= 15 is 0 Å². The van der Waals surface area contributed by atoms with Gasteiger partial charge in [0.05, 0.1) is 12.6 Å². The summed E-state index contributed by atoms with van der Waals surface area (Å²) in [6.45, 7) is 4.07. The molecule has 0 heterocycles. The summed E-state index contributed by atoms with van der Waals surface area (Å²) in [6.07, 6.45) is 0.760. The maximum absolute atomic E-state index is 11.7. The molecule has 3 N–H and O–H groups in total. The van der Waals surface area contributed by atoms with E-state index in [9.17, 15) is 9.90 Å². The summed E-state index contributed by atoms with van der Waals surface area (Å²) < 4.78 is 1.06. The fourth-order valence-corrected chi connectivity index (χ4v) is 2.21. The number of carbonyl (C=O) groups is 1. The van der Waals surface area contributed by atoms with Gasteiger partial charge in [-0.25, -0.2) is 4.79 Å². The summed E-state index contributed by atoms with van der Waals surface area (Å²) in [5.41, 5.74) is 0.751. The number of rotatable bonds is 5. The quantitative estimate of drug-likeness (QED) is 0.706. The van der Waals surface area contributed by atoms with Gasteiger partial charge in [-0.15, -0.1) is 0 Å². The number of benzene rings is 1. The molecular formula is C13H19IN2O2. The van der Waals surface area contributed by atoms with Crippen LogP contribution in [-0.4, -0.2) is 23.8 Å². The first-order valence-electron chi connectivity index (χ1n) is 5.95. The third kappa shape index (κ3) is 5.68. The van der Waals surface area contributed by atoms with E-state index in [1.54, 1.807) is 0 Å². The van der Waals surface area contributed by atoms with E-state index in [4.69, 9.17) is 0 Å². The molecule has 0 aliphatic rings. The second kappa shape index (κ2) is 7.58. The lowest BCUT2D eigenvalue weighted by Gasteiger charge is -2.18. The standard InChI is InChI=1S/C13H19IN2O2/c1-9(2)6-12(8-17)16-13(18)15-11-5-3-4-10(14)7-11/h3-5,7,9,12,17H,6,8H2,1-2H3,(H2,15,16,18). The van der Waals surface area contributed by atoms with Crippen molar-refractivity contribution >= 4 is 34.3 Å². The lowest BCUT2D eigenvalue weighted by molar-refractivity contribution is 0.214. The maximum atomic E-state index is 11.7. The van der Waals surface area contributed by atoms with Gasteiger partial charge in [-0.2, -0.15) is 0 Å². The van der Waals surface area contributed by atoms with Gasteiger partial charge < -0.3 is 15.7 Å². The lowest BCUT2D eigenvalue weighted by Crippen LogP contribution is -2.40. The molecular weight excluding hydrogens is 343 g/mol. The van der Waals surface area contributed by atoms with Gasteiger partial charge in [0, 0.05) is 9.26 Å². The van der Waals surface area contributed by atoms with Gasteiger partial charge in [0.25, 0.3) is 0 Å². The van der Waals surface area contributed by atoms with Crippen molar-refractivity contribution in [2.75, 3.05) is 11.9 Å². The summed E-state index contributed by atoms with van der Waals surface area (Å²) in [5.74, 6) is 0.431. The van der Waals surface area contributed by atoms with Crippen molar-refractivity contribution in [2.45, 2.75) is 26.3 Å². The van der Waals surface area contributed by atoms with Gasteiger partial charge in [-0.3, -0.25) is 0 Å². The molecule has 0 bridgehead atoms. The Morgan fingerprint density at radius 2 is 2.17 bits per heavy atom. The van der Waals surface area contributed by atoms with Crippen LogP contribution in [0.2, 0.25) is 0 Å². The van der Waals surface area contributed by atoms with Crippen LogP contribution in [0.1, 0.15) is 20.3 Å². The average molecular weight is 362 g/mol. The number of hydrogen-bond donors (Lipinski definition) is 3. The molecule has 18 heavy (non-hydrogen) atoms. The second-order valence-electron chi connectivity index (χ2n) is 4.62. The first kappa shape index (κ1) is 15.2. The first-order valence-corrected chi connectivity index (χ1v) is 7.03. The minimum atomic E-state index is -0.281. The predicted molar refractivity (Wildman–Crippen MR) is 81.6 cm³/mol. The molecule has 1 aromatic carbocycles. The third-order valence-corrected chi connectivity index (χ3v) is 3.07. The normalized spacial score (nSPS) is 12.3. The molecule has 1 atom stereocenters. The van der Waals surface area contributed by atoms with Crippen LogP contribution >= 0.6 is 22.6 Å². The smallest absolute Gasteiger partial charge is 0.319 e. The Balaban J connectivity index is 2.50. The largest absolute Gasteiger partial charge is 0.394 e. The monoisotopic (exact) mass is 362 g/mol. The van der Waals surface area contributed by atoms with E-state index in [2.05, 4.69) is 47.1 Å². The Kier molecular flexibility index (Phi) is 6.42. The Morgan fingerprint density at radius 3 is 2.72 bits per heavy atom. The van der Waals surface area contributed by atoms with Crippen molar-refractivity contribution in [3.8, 4) is 0 Å². The Bertz CT molecular complexity index is 396. The highest BCUT2D eigenvalue weighted by molar-refractivity contribution is 14.1. The summed E-state index contributed by atoms with van der Waals surface area (Å²) in [4.78, 5) is 11.7. The number of urea groups is 1. The summed E-state index contributed by atoms with van der Waals surface area (Å²) in [7, 11) is 0. The second-order valence-corrected chi connectivity index (χ2v) is 5.86. The van der Waals surface area contributed by atoms with Crippen molar-refractivity contribution < 1.29 is 9.90 Å². The minimum absolute atomic E-state index is 0.0437. The number of halogens is 1. The molecule has 0 aromatic heterocycles. The van der Waals surface area contributed by atoms with E-state index < -0.39 is 0 Å². The third-order valence-electron chi connectivity index (χ3n) is 2.39. The minimum Gasteiger partial charge on any atom is -0.394 e.